The van der Waals surface area contributed by atoms with Crippen LogP contribution in [-0.2, 0) is 15.6 Å². The lowest BCUT2D eigenvalue weighted by atomic mass is 10.0. The van der Waals surface area contributed by atoms with E-state index in [-0.39, 0.29) is 22.9 Å². The number of aromatic nitrogens is 2. The first-order chi connectivity index (χ1) is 13.9. The van der Waals surface area contributed by atoms with Gasteiger partial charge in [0.05, 0.1) is 16.7 Å². The molecule has 156 valence electrons. The molecule has 4 N–H and O–H groups in total. The van der Waals surface area contributed by atoms with Crippen LogP contribution in [0.2, 0.25) is 0 Å². The number of urea groups is 1. The maximum Gasteiger partial charge on any atom is 0.319 e. The number of hydrogen-bond donors (Lipinski definition) is 3. The number of anilines is 2. The zero-order valence-electron chi connectivity index (χ0n) is 16.5. The summed E-state index contributed by atoms with van der Waals surface area (Å²) in [5, 5.41) is 5.08. The number of amides is 2. The molecule has 0 atom stereocenters. The summed E-state index contributed by atoms with van der Waals surface area (Å²) < 4.78 is 25.5. The van der Waals surface area contributed by atoms with Gasteiger partial charge in [-0.1, -0.05) is 19.3 Å². The smallest absolute Gasteiger partial charge is 0.319 e. The van der Waals surface area contributed by atoms with Crippen LogP contribution < -0.4 is 16.4 Å². The molecule has 0 radical (unpaired) electrons. The van der Waals surface area contributed by atoms with Gasteiger partial charge < -0.3 is 16.4 Å². The van der Waals surface area contributed by atoms with E-state index in [1.54, 1.807) is 24.3 Å². The molecule has 1 aliphatic carbocycles. The highest BCUT2D eigenvalue weighted by molar-refractivity contribution is 7.91. The van der Waals surface area contributed by atoms with Crippen molar-refractivity contribution in [1.82, 2.24) is 15.3 Å². The highest BCUT2D eigenvalue weighted by Crippen LogP contribution is 2.27. The number of rotatable bonds is 6. The fourth-order valence-electron chi connectivity index (χ4n) is 3.51. The molecule has 0 spiro atoms. The maximum atomic E-state index is 12.8. The van der Waals surface area contributed by atoms with E-state index < -0.39 is 9.84 Å². The lowest BCUT2D eigenvalue weighted by Gasteiger charge is -2.21. The molecule has 9 heteroatoms. The van der Waals surface area contributed by atoms with Gasteiger partial charge in [0.25, 0.3) is 0 Å². The maximum absolute atomic E-state index is 12.8. The molecule has 1 fully saturated rings. The van der Waals surface area contributed by atoms with Gasteiger partial charge >= 0.3 is 6.03 Å². The summed E-state index contributed by atoms with van der Waals surface area (Å²) in [5.74, 6) is 0.463. The zero-order valence-corrected chi connectivity index (χ0v) is 17.3. The molecule has 0 saturated heterocycles. The average Bonchev–Trinajstić information content (AvgIpc) is 2.68. The van der Waals surface area contributed by atoms with Crippen molar-refractivity contribution in [3.63, 3.8) is 0 Å². The van der Waals surface area contributed by atoms with Crippen molar-refractivity contribution in [2.45, 2.75) is 50.0 Å². The summed E-state index contributed by atoms with van der Waals surface area (Å²) in [5.41, 5.74) is 7.64. The Bertz CT molecular complexity index is 955. The fraction of sp³-hybridized carbons (Fsp3) is 0.450. The summed E-state index contributed by atoms with van der Waals surface area (Å²) in [4.78, 5) is 20.3. The molecular formula is C20H27N5O3S. The Morgan fingerprint density at radius 1 is 1.14 bits per heavy atom. The molecule has 8 nitrogen and oxygen atoms in total. The van der Waals surface area contributed by atoms with Crippen LogP contribution in [0.3, 0.4) is 0 Å². The monoisotopic (exact) mass is 417 g/mol. The van der Waals surface area contributed by atoms with Crippen LogP contribution in [0, 0.1) is 0 Å². The van der Waals surface area contributed by atoms with E-state index in [1.165, 1.54) is 6.07 Å². The van der Waals surface area contributed by atoms with Crippen LogP contribution in [0.15, 0.2) is 30.3 Å². The highest BCUT2D eigenvalue weighted by Gasteiger charge is 2.28. The molecule has 0 bridgehead atoms. The first-order valence-electron chi connectivity index (χ1n) is 9.87. The predicted octanol–water partition coefficient (Wildman–Crippen LogP) is 3.11. The molecule has 2 amide bonds. The van der Waals surface area contributed by atoms with Crippen LogP contribution in [0.25, 0.3) is 11.4 Å². The molecule has 3 rings (SSSR count). The minimum atomic E-state index is -3.28. The summed E-state index contributed by atoms with van der Waals surface area (Å²) >= 11 is 0. The van der Waals surface area contributed by atoms with E-state index in [0.29, 0.717) is 29.3 Å². The molecule has 1 aromatic carbocycles. The Balaban J connectivity index is 1.77. The first kappa shape index (κ1) is 21.0. The summed E-state index contributed by atoms with van der Waals surface area (Å²) in [6.07, 6.45) is 4.45. The number of carbonyl (C=O) groups excluding carboxylic acids is 1. The Morgan fingerprint density at radius 2 is 1.83 bits per heavy atom. The Morgan fingerprint density at radius 3 is 2.48 bits per heavy atom. The summed E-state index contributed by atoms with van der Waals surface area (Å²) in [7, 11) is -3.28. The number of hydrogen-bond acceptors (Lipinski definition) is 6. The third-order valence-corrected chi connectivity index (χ3v) is 7.13. The first-order valence-corrected chi connectivity index (χ1v) is 11.6. The van der Waals surface area contributed by atoms with Gasteiger partial charge in [0, 0.05) is 23.9 Å². The number of nitrogen functional groups attached to an aromatic ring is 1. The van der Waals surface area contributed by atoms with Gasteiger partial charge in [-0.15, -0.1) is 0 Å². The molecule has 1 aromatic heterocycles. The van der Waals surface area contributed by atoms with Crippen LogP contribution in [0.1, 0.15) is 44.7 Å². The van der Waals surface area contributed by atoms with Crippen molar-refractivity contribution in [2.75, 3.05) is 17.6 Å². The second-order valence-corrected chi connectivity index (χ2v) is 9.52. The van der Waals surface area contributed by atoms with E-state index in [1.807, 2.05) is 6.92 Å². The number of carbonyl (C=O) groups is 1. The topological polar surface area (TPSA) is 127 Å². The number of nitrogens with one attached hydrogen (secondary N) is 2. The molecule has 1 saturated carbocycles. The van der Waals surface area contributed by atoms with Crippen LogP contribution in [-0.4, -0.2) is 36.2 Å². The Hall–Kier alpha value is -2.68. The van der Waals surface area contributed by atoms with Gasteiger partial charge in [0.2, 0.25) is 0 Å². The van der Waals surface area contributed by atoms with Gasteiger partial charge in [-0.3, -0.25) is 0 Å². The Kier molecular flexibility index (Phi) is 6.68. The van der Waals surface area contributed by atoms with E-state index in [2.05, 4.69) is 20.6 Å². The summed E-state index contributed by atoms with van der Waals surface area (Å²) in [6.45, 7) is 2.37. The van der Waals surface area contributed by atoms with Crippen molar-refractivity contribution in [2.24, 2.45) is 0 Å². The standard InChI is InChI=1S/C20H27N5O3S/c1-2-22-20(26)24-15-10-8-14(9-11-15)19-23-16(12-18(21)25-19)13-29(27,28)17-6-4-3-5-7-17/h8-12,17H,2-7,13H2,1H3,(H2,21,23,25)(H2,22,24,26). The van der Waals surface area contributed by atoms with Gasteiger partial charge in [-0.05, 0) is 44.0 Å². The highest BCUT2D eigenvalue weighted by atomic mass is 32.2. The predicted molar refractivity (Wildman–Crippen MR) is 114 cm³/mol. The second-order valence-electron chi connectivity index (χ2n) is 7.24. The number of nitrogens with two attached hydrogens (primary N) is 1. The van der Waals surface area contributed by atoms with Crippen LogP contribution in [0.4, 0.5) is 16.3 Å². The fourth-order valence-corrected chi connectivity index (χ4v) is 5.36. The lowest BCUT2D eigenvalue weighted by molar-refractivity contribution is 0.252. The third-order valence-electron chi connectivity index (χ3n) is 4.95. The largest absolute Gasteiger partial charge is 0.384 e. The third kappa shape index (κ3) is 5.66. The quantitative estimate of drug-likeness (QED) is 0.663. The van der Waals surface area contributed by atoms with Crippen LogP contribution >= 0.6 is 0 Å². The van der Waals surface area contributed by atoms with E-state index in [4.69, 9.17) is 5.73 Å². The zero-order chi connectivity index (χ0) is 20.9. The number of benzene rings is 1. The van der Waals surface area contributed by atoms with Gasteiger partial charge in [-0.25, -0.2) is 23.2 Å². The van der Waals surface area contributed by atoms with Crippen LogP contribution in [0.5, 0.6) is 0 Å². The minimum Gasteiger partial charge on any atom is -0.384 e. The number of nitrogens with zero attached hydrogens (tertiary/aromatic N) is 2. The molecule has 0 unspecified atom stereocenters. The molecule has 1 heterocycles. The molecule has 0 aliphatic heterocycles. The minimum absolute atomic E-state index is 0.131. The van der Waals surface area contributed by atoms with Crippen molar-refractivity contribution >= 4 is 27.4 Å². The van der Waals surface area contributed by atoms with Crippen molar-refractivity contribution in [3.05, 3.63) is 36.0 Å². The number of sulfone groups is 1. The Labute approximate surface area is 171 Å². The lowest BCUT2D eigenvalue weighted by Crippen LogP contribution is -2.28. The summed E-state index contributed by atoms with van der Waals surface area (Å²) in [6, 6.07) is 8.22. The van der Waals surface area contributed by atoms with Gasteiger partial charge in [0.15, 0.2) is 15.7 Å². The van der Waals surface area contributed by atoms with Gasteiger partial charge in [-0.2, -0.15) is 0 Å². The normalized spacial score (nSPS) is 15.1. The van der Waals surface area contributed by atoms with Crippen molar-refractivity contribution < 1.29 is 13.2 Å². The molecule has 1 aliphatic rings. The second kappa shape index (κ2) is 9.21. The molecule has 29 heavy (non-hydrogen) atoms. The molecule has 2 aromatic rings. The SMILES string of the molecule is CCNC(=O)Nc1ccc(-c2nc(N)cc(CS(=O)(=O)C3CCCCC3)n2)cc1. The van der Waals surface area contributed by atoms with E-state index >= 15 is 0 Å². The molecular weight excluding hydrogens is 390 g/mol. The average molecular weight is 418 g/mol. The van der Waals surface area contributed by atoms with Gasteiger partial charge in [0.1, 0.15) is 5.82 Å². The van der Waals surface area contributed by atoms with Crippen molar-refractivity contribution in [1.29, 1.82) is 0 Å². The van der Waals surface area contributed by atoms with E-state index in [0.717, 1.165) is 32.1 Å². The van der Waals surface area contributed by atoms with Crippen molar-refractivity contribution in [3.8, 4) is 11.4 Å². The van der Waals surface area contributed by atoms with E-state index in [9.17, 15) is 13.2 Å².